The van der Waals surface area contributed by atoms with E-state index >= 15 is 0 Å². The minimum atomic E-state index is -1.28. The van der Waals surface area contributed by atoms with E-state index in [0.717, 1.165) is 11.8 Å². The Bertz CT molecular complexity index is 786. The first-order chi connectivity index (χ1) is 13.6. The standard InChI is InChI=1S/C17H21N3O8S/c18-10(17(27)28)5-6-13(21)20-11(15(24)19-7-14(22)23)8-29-12-4-2-1-3-9(12)16(25)26/h1-4,10-11H,5-8,18H2,(H,19,24)(H,20,21)(H,22,23)(H,25,26)(H,27,28)/t10-,11-/m0/s1. The molecule has 1 rings (SSSR count). The van der Waals surface area contributed by atoms with Gasteiger partial charge in [-0.25, -0.2) is 4.79 Å². The van der Waals surface area contributed by atoms with Crippen molar-refractivity contribution in [2.45, 2.75) is 29.8 Å². The van der Waals surface area contributed by atoms with Gasteiger partial charge in [-0.1, -0.05) is 12.1 Å². The molecule has 0 heterocycles. The number of aromatic carboxylic acids is 1. The third kappa shape index (κ3) is 8.62. The summed E-state index contributed by atoms with van der Waals surface area (Å²) >= 11 is 0.995. The van der Waals surface area contributed by atoms with Gasteiger partial charge in [-0.05, 0) is 18.6 Å². The molecule has 0 aliphatic carbocycles. The van der Waals surface area contributed by atoms with Gasteiger partial charge in [0.25, 0.3) is 0 Å². The largest absolute Gasteiger partial charge is 0.480 e. The molecule has 0 radical (unpaired) electrons. The van der Waals surface area contributed by atoms with Crippen molar-refractivity contribution in [3.63, 3.8) is 0 Å². The minimum Gasteiger partial charge on any atom is -0.480 e. The molecule has 0 bridgehead atoms. The van der Waals surface area contributed by atoms with E-state index in [0.29, 0.717) is 4.90 Å². The lowest BCUT2D eigenvalue weighted by atomic mass is 10.1. The maximum atomic E-state index is 12.2. The summed E-state index contributed by atoms with van der Waals surface area (Å²) in [5, 5.41) is 31.2. The first kappa shape index (κ1) is 23.9. The van der Waals surface area contributed by atoms with Crippen molar-refractivity contribution < 1.29 is 39.3 Å². The molecule has 2 atom stereocenters. The molecule has 2 amide bonds. The van der Waals surface area contributed by atoms with Gasteiger partial charge in [-0.3, -0.25) is 19.2 Å². The Morgan fingerprint density at radius 2 is 1.72 bits per heavy atom. The van der Waals surface area contributed by atoms with Gasteiger partial charge in [0.05, 0.1) is 5.56 Å². The molecule has 0 saturated carbocycles. The van der Waals surface area contributed by atoms with Crippen LogP contribution in [0.2, 0.25) is 0 Å². The number of nitrogens with one attached hydrogen (secondary N) is 2. The average Bonchev–Trinajstić information content (AvgIpc) is 2.67. The Balaban J connectivity index is 2.81. The molecule has 0 aliphatic rings. The Morgan fingerprint density at radius 1 is 1.07 bits per heavy atom. The van der Waals surface area contributed by atoms with Gasteiger partial charge < -0.3 is 31.7 Å². The molecule has 1 aromatic carbocycles. The second-order valence-corrected chi connectivity index (χ2v) is 6.89. The quantitative estimate of drug-likeness (QED) is 0.233. The van der Waals surface area contributed by atoms with Gasteiger partial charge in [-0.2, -0.15) is 0 Å². The van der Waals surface area contributed by atoms with Crippen LogP contribution in [-0.4, -0.2) is 69.4 Å². The highest BCUT2D eigenvalue weighted by Crippen LogP contribution is 2.23. The highest BCUT2D eigenvalue weighted by Gasteiger charge is 2.23. The van der Waals surface area contributed by atoms with Crippen LogP contribution in [0.3, 0.4) is 0 Å². The molecule has 12 heteroatoms. The molecule has 0 spiro atoms. The Kier molecular flexibility index (Phi) is 9.62. The highest BCUT2D eigenvalue weighted by atomic mass is 32.2. The lowest BCUT2D eigenvalue weighted by Gasteiger charge is -2.18. The predicted octanol–water partition coefficient (Wildman–Crippen LogP) is -0.645. The number of aliphatic carboxylic acids is 2. The molecule has 1 aromatic rings. The average molecular weight is 427 g/mol. The molecule has 0 saturated heterocycles. The van der Waals surface area contributed by atoms with Crippen LogP contribution in [0, 0.1) is 0 Å². The first-order valence-corrected chi connectivity index (χ1v) is 9.32. The van der Waals surface area contributed by atoms with Crippen molar-refractivity contribution in [1.82, 2.24) is 10.6 Å². The van der Waals surface area contributed by atoms with E-state index in [1.54, 1.807) is 6.07 Å². The van der Waals surface area contributed by atoms with Gasteiger partial charge in [-0.15, -0.1) is 11.8 Å². The minimum absolute atomic E-state index is 0.0148. The van der Waals surface area contributed by atoms with E-state index in [9.17, 15) is 29.1 Å². The number of rotatable bonds is 12. The normalized spacial score (nSPS) is 12.4. The van der Waals surface area contributed by atoms with Gasteiger partial charge in [0, 0.05) is 17.1 Å². The molecular weight excluding hydrogens is 406 g/mol. The van der Waals surface area contributed by atoms with E-state index in [1.165, 1.54) is 18.2 Å². The summed E-state index contributed by atoms with van der Waals surface area (Å²) in [4.78, 5) is 57.3. The Morgan fingerprint density at radius 3 is 2.31 bits per heavy atom. The van der Waals surface area contributed by atoms with Crippen molar-refractivity contribution in [3.05, 3.63) is 29.8 Å². The number of carboxylic acids is 3. The van der Waals surface area contributed by atoms with Gasteiger partial charge in [0.15, 0.2) is 0 Å². The van der Waals surface area contributed by atoms with Crippen LogP contribution in [0.25, 0.3) is 0 Å². The highest BCUT2D eigenvalue weighted by molar-refractivity contribution is 7.99. The van der Waals surface area contributed by atoms with Crippen molar-refractivity contribution in [3.8, 4) is 0 Å². The summed E-state index contributed by atoms with van der Waals surface area (Å²) in [7, 11) is 0. The van der Waals surface area contributed by atoms with E-state index < -0.39 is 48.4 Å². The maximum Gasteiger partial charge on any atom is 0.336 e. The Hall–Kier alpha value is -3.12. The second-order valence-electron chi connectivity index (χ2n) is 5.83. The van der Waals surface area contributed by atoms with E-state index in [4.69, 9.17) is 15.9 Å². The summed E-state index contributed by atoms with van der Waals surface area (Å²) in [6.45, 7) is -0.661. The molecule has 0 unspecified atom stereocenters. The third-order valence-corrected chi connectivity index (χ3v) is 4.76. The predicted molar refractivity (Wildman–Crippen MR) is 102 cm³/mol. The molecule has 0 aliphatic heterocycles. The topological polar surface area (TPSA) is 196 Å². The van der Waals surface area contributed by atoms with Crippen LogP contribution in [0.15, 0.2) is 29.2 Å². The molecular formula is C17H21N3O8S. The van der Waals surface area contributed by atoms with Crippen LogP contribution in [0.4, 0.5) is 0 Å². The van der Waals surface area contributed by atoms with Gasteiger partial charge in [0.1, 0.15) is 18.6 Å². The van der Waals surface area contributed by atoms with E-state index in [-0.39, 0.29) is 24.2 Å². The summed E-state index contributed by atoms with van der Waals surface area (Å²) in [5.41, 5.74) is 5.35. The lowest BCUT2D eigenvalue weighted by Crippen LogP contribution is -2.49. The number of benzene rings is 1. The van der Waals surface area contributed by atoms with Crippen LogP contribution in [0.5, 0.6) is 0 Å². The number of hydrogen-bond acceptors (Lipinski definition) is 7. The summed E-state index contributed by atoms with van der Waals surface area (Å²) < 4.78 is 0. The molecule has 0 aromatic heterocycles. The second kappa shape index (κ2) is 11.7. The van der Waals surface area contributed by atoms with Crippen molar-refractivity contribution >= 4 is 41.5 Å². The number of thioether (sulfide) groups is 1. The maximum absolute atomic E-state index is 12.2. The SMILES string of the molecule is N[C@@H](CCC(=O)N[C@@H](CSc1ccccc1C(=O)O)C(=O)NCC(=O)O)C(=O)O. The lowest BCUT2D eigenvalue weighted by molar-refractivity contribution is -0.139. The van der Waals surface area contributed by atoms with Crippen molar-refractivity contribution in [2.75, 3.05) is 12.3 Å². The summed E-state index contributed by atoms with van der Waals surface area (Å²) in [6.07, 6.45) is -0.411. The molecule has 29 heavy (non-hydrogen) atoms. The number of carboxylic acid groups (broad SMARTS) is 3. The fourth-order valence-electron chi connectivity index (χ4n) is 2.09. The van der Waals surface area contributed by atoms with Gasteiger partial charge >= 0.3 is 17.9 Å². The number of carbonyl (C=O) groups excluding carboxylic acids is 2. The number of hydrogen-bond donors (Lipinski definition) is 6. The van der Waals surface area contributed by atoms with E-state index in [2.05, 4.69) is 10.6 Å². The zero-order valence-electron chi connectivity index (χ0n) is 15.2. The number of carbonyl (C=O) groups is 5. The molecule has 158 valence electrons. The smallest absolute Gasteiger partial charge is 0.336 e. The van der Waals surface area contributed by atoms with E-state index in [1.807, 2.05) is 0 Å². The fourth-order valence-corrected chi connectivity index (χ4v) is 3.15. The van der Waals surface area contributed by atoms with Crippen LogP contribution < -0.4 is 16.4 Å². The van der Waals surface area contributed by atoms with Crippen molar-refractivity contribution in [1.29, 1.82) is 0 Å². The van der Waals surface area contributed by atoms with Crippen LogP contribution in [0.1, 0.15) is 23.2 Å². The van der Waals surface area contributed by atoms with Gasteiger partial charge in [0.2, 0.25) is 11.8 Å². The van der Waals surface area contributed by atoms with Crippen LogP contribution in [-0.2, 0) is 19.2 Å². The number of nitrogens with two attached hydrogens (primary N) is 1. The first-order valence-electron chi connectivity index (χ1n) is 8.34. The van der Waals surface area contributed by atoms with Crippen LogP contribution >= 0.6 is 11.8 Å². The zero-order chi connectivity index (χ0) is 22.0. The fraction of sp³-hybridized carbons (Fsp3) is 0.353. The Labute approximate surface area is 169 Å². The van der Waals surface area contributed by atoms with Crippen molar-refractivity contribution in [2.24, 2.45) is 5.73 Å². The molecule has 11 nitrogen and oxygen atoms in total. The molecule has 7 N–H and O–H groups in total. The number of amides is 2. The molecule has 0 fully saturated rings. The monoisotopic (exact) mass is 427 g/mol. The summed E-state index contributed by atoms with van der Waals surface area (Å²) in [6, 6.07) is 3.66. The third-order valence-electron chi connectivity index (χ3n) is 3.59. The summed E-state index contributed by atoms with van der Waals surface area (Å²) in [5.74, 6) is -5.21. The zero-order valence-corrected chi connectivity index (χ0v) is 16.0.